The van der Waals surface area contributed by atoms with Gasteiger partial charge in [0.15, 0.2) is 0 Å². The fourth-order valence-electron chi connectivity index (χ4n) is 4.29. The molecule has 0 fully saturated rings. The number of benzene rings is 2. The Balaban J connectivity index is 1.41. The van der Waals surface area contributed by atoms with E-state index in [4.69, 9.17) is 9.47 Å². The van der Waals surface area contributed by atoms with Crippen LogP contribution < -0.4 is 4.74 Å². The summed E-state index contributed by atoms with van der Waals surface area (Å²) < 4.78 is 10.7. The zero-order valence-electron chi connectivity index (χ0n) is 18.6. The van der Waals surface area contributed by atoms with Crippen molar-refractivity contribution in [2.45, 2.75) is 24.8 Å². The summed E-state index contributed by atoms with van der Waals surface area (Å²) in [6, 6.07) is 18.7. The van der Waals surface area contributed by atoms with Gasteiger partial charge in [0.05, 0.1) is 7.11 Å². The molecule has 1 N–H and O–H groups in total. The standard InChI is InChI=1S/C26H26N2O5/c1-28(23(25(29)30)13-11-17-12-14-24(32-2)27-15-17)26(31)33-16-22-20-9-5-3-7-18(20)19-8-4-6-10-21(19)22/h3-10,12,14-15,22-23H,11,13,16H2,1-2H3,(H,29,30)/t23-/m0/s1. The number of aryl methyl sites for hydroxylation is 1. The molecule has 170 valence electrons. The molecule has 0 spiro atoms. The number of hydrogen-bond acceptors (Lipinski definition) is 5. The fourth-order valence-corrected chi connectivity index (χ4v) is 4.29. The predicted octanol–water partition coefficient (Wildman–Crippen LogP) is 4.36. The van der Waals surface area contributed by atoms with Gasteiger partial charge in [0.2, 0.25) is 5.88 Å². The predicted molar refractivity (Wildman–Crippen MR) is 123 cm³/mol. The van der Waals surface area contributed by atoms with Crippen molar-refractivity contribution in [3.05, 3.63) is 83.6 Å². The van der Waals surface area contributed by atoms with Crippen LogP contribution in [0, 0.1) is 0 Å². The molecule has 0 bridgehead atoms. The second-order valence-electron chi connectivity index (χ2n) is 8.02. The number of aliphatic carboxylic acids is 1. The van der Waals surface area contributed by atoms with E-state index in [1.165, 1.54) is 14.2 Å². The lowest BCUT2D eigenvalue weighted by atomic mass is 9.98. The lowest BCUT2D eigenvalue weighted by Crippen LogP contribution is -2.43. The summed E-state index contributed by atoms with van der Waals surface area (Å²) in [6.07, 6.45) is 1.68. The Hall–Kier alpha value is -3.87. The van der Waals surface area contributed by atoms with E-state index >= 15 is 0 Å². The number of ether oxygens (including phenoxy) is 2. The van der Waals surface area contributed by atoms with Crippen LogP contribution in [0.4, 0.5) is 4.79 Å². The van der Waals surface area contributed by atoms with Crippen molar-refractivity contribution >= 4 is 12.1 Å². The van der Waals surface area contributed by atoms with Crippen molar-refractivity contribution in [2.24, 2.45) is 0 Å². The van der Waals surface area contributed by atoms with Crippen LogP contribution >= 0.6 is 0 Å². The molecule has 7 nitrogen and oxygen atoms in total. The number of aromatic nitrogens is 1. The van der Waals surface area contributed by atoms with E-state index in [9.17, 15) is 14.7 Å². The van der Waals surface area contributed by atoms with Gasteiger partial charge in [0.1, 0.15) is 12.6 Å². The Morgan fingerprint density at radius 3 is 2.21 bits per heavy atom. The van der Waals surface area contributed by atoms with Gasteiger partial charge in [-0.2, -0.15) is 0 Å². The molecule has 0 saturated carbocycles. The summed E-state index contributed by atoms with van der Waals surface area (Å²) in [6.45, 7) is 0.145. The first-order valence-corrected chi connectivity index (χ1v) is 10.8. The van der Waals surface area contributed by atoms with Crippen LogP contribution in [-0.4, -0.2) is 53.9 Å². The molecule has 2 aromatic carbocycles. The van der Waals surface area contributed by atoms with Crippen LogP contribution in [0.15, 0.2) is 66.9 Å². The largest absolute Gasteiger partial charge is 0.481 e. The summed E-state index contributed by atoms with van der Waals surface area (Å²) in [7, 11) is 3.00. The Morgan fingerprint density at radius 2 is 1.67 bits per heavy atom. The van der Waals surface area contributed by atoms with E-state index in [-0.39, 0.29) is 18.9 Å². The fraction of sp³-hybridized carbons (Fsp3) is 0.269. The minimum Gasteiger partial charge on any atom is -0.481 e. The lowest BCUT2D eigenvalue weighted by molar-refractivity contribution is -0.142. The van der Waals surface area contributed by atoms with Crippen LogP contribution in [0.5, 0.6) is 5.88 Å². The first-order valence-electron chi connectivity index (χ1n) is 10.8. The Labute approximate surface area is 192 Å². The SMILES string of the molecule is COc1ccc(CC[C@@H](C(=O)O)N(C)C(=O)OCC2c3ccccc3-c3ccccc32)cn1. The second-order valence-corrected chi connectivity index (χ2v) is 8.02. The minimum absolute atomic E-state index is 0.0802. The van der Waals surface area contributed by atoms with Gasteiger partial charge in [-0.05, 0) is 40.7 Å². The number of amides is 1. The molecule has 1 amide bonds. The second kappa shape index (κ2) is 9.73. The third-order valence-corrected chi connectivity index (χ3v) is 6.09. The van der Waals surface area contributed by atoms with Crippen LogP contribution in [0.25, 0.3) is 11.1 Å². The average Bonchev–Trinajstić information content (AvgIpc) is 3.16. The Bertz CT molecular complexity index is 1100. The molecular weight excluding hydrogens is 420 g/mol. The number of pyridine rings is 1. The lowest BCUT2D eigenvalue weighted by Gasteiger charge is -2.25. The summed E-state index contributed by atoms with van der Waals surface area (Å²) in [5.41, 5.74) is 5.35. The molecule has 1 atom stereocenters. The van der Waals surface area contributed by atoms with Crippen LogP contribution in [-0.2, 0) is 16.0 Å². The molecule has 0 aliphatic heterocycles. The highest BCUT2D eigenvalue weighted by Crippen LogP contribution is 2.44. The number of rotatable bonds is 8. The number of carboxylic acids is 1. The number of methoxy groups -OCH3 is 1. The number of hydrogen-bond donors (Lipinski definition) is 1. The van der Waals surface area contributed by atoms with Gasteiger partial charge in [-0.3, -0.25) is 4.90 Å². The van der Waals surface area contributed by atoms with Gasteiger partial charge >= 0.3 is 12.1 Å². The van der Waals surface area contributed by atoms with Crippen molar-refractivity contribution in [3.63, 3.8) is 0 Å². The molecule has 1 aromatic heterocycles. The molecule has 0 radical (unpaired) electrons. The first kappa shape index (κ1) is 22.3. The van der Waals surface area contributed by atoms with Gasteiger partial charge in [-0.15, -0.1) is 0 Å². The maximum atomic E-state index is 12.8. The van der Waals surface area contributed by atoms with Crippen LogP contribution in [0.1, 0.15) is 29.0 Å². The normalized spacial score (nSPS) is 13.0. The maximum absolute atomic E-state index is 12.8. The van der Waals surface area contributed by atoms with Gasteiger partial charge in [0, 0.05) is 25.2 Å². The monoisotopic (exact) mass is 446 g/mol. The minimum atomic E-state index is -1.08. The zero-order valence-corrected chi connectivity index (χ0v) is 18.6. The van der Waals surface area contributed by atoms with Crippen LogP contribution in [0.2, 0.25) is 0 Å². The summed E-state index contributed by atoms with van der Waals surface area (Å²) in [5, 5.41) is 9.71. The van der Waals surface area contributed by atoms with Crippen molar-refractivity contribution < 1.29 is 24.2 Å². The van der Waals surface area contributed by atoms with Gasteiger partial charge in [-0.1, -0.05) is 54.6 Å². The molecule has 0 saturated heterocycles. The number of carbonyl (C=O) groups excluding carboxylic acids is 1. The quantitative estimate of drug-likeness (QED) is 0.553. The molecule has 1 aliphatic rings. The maximum Gasteiger partial charge on any atom is 0.410 e. The molecule has 4 rings (SSSR count). The van der Waals surface area contributed by atoms with Crippen molar-refractivity contribution in [1.82, 2.24) is 9.88 Å². The number of fused-ring (bicyclic) bond motifs is 3. The zero-order chi connectivity index (χ0) is 23.4. The smallest absolute Gasteiger partial charge is 0.410 e. The number of carboxylic acid groups (broad SMARTS) is 1. The molecule has 1 aliphatic carbocycles. The molecule has 0 unspecified atom stereocenters. The topological polar surface area (TPSA) is 89.0 Å². The number of likely N-dealkylation sites (N-methyl/N-ethyl adjacent to an activating group) is 1. The third kappa shape index (κ3) is 4.67. The molecular formula is C26H26N2O5. The number of carbonyl (C=O) groups is 2. The summed E-state index contributed by atoms with van der Waals surface area (Å²) >= 11 is 0. The summed E-state index contributed by atoms with van der Waals surface area (Å²) in [5.74, 6) is -0.667. The molecule has 7 heteroatoms. The molecule has 1 heterocycles. The first-order chi connectivity index (χ1) is 16.0. The highest BCUT2D eigenvalue weighted by Gasteiger charge is 2.31. The van der Waals surface area contributed by atoms with E-state index < -0.39 is 18.1 Å². The van der Waals surface area contributed by atoms with Gasteiger partial charge in [0.25, 0.3) is 0 Å². The highest BCUT2D eigenvalue weighted by molar-refractivity contribution is 5.81. The average molecular weight is 447 g/mol. The van der Waals surface area contributed by atoms with E-state index in [1.807, 2.05) is 42.5 Å². The summed E-state index contributed by atoms with van der Waals surface area (Å²) in [4.78, 5) is 29.9. The molecule has 33 heavy (non-hydrogen) atoms. The van der Waals surface area contributed by atoms with Gasteiger partial charge in [-0.25, -0.2) is 14.6 Å². The van der Waals surface area contributed by atoms with E-state index in [2.05, 4.69) is 17.1 Å². The van der Waals surface area contributed by atoms with Crippen LogP contribution in [0.3, 0.4) is 0 Å². The molecule has 3 aromatic rings. The third-order valence-electron chi connectivity index (χ3n) is 6.09. The van der Waals surface area contributed by atoms with E-state index in [0.29, 0.717) is 12.3 Å². The number of nitrogens with zero attached hydrogens (tertiary/aromatic N) is 2. The highest BCUT2D eigenvalue weighted by atomic mass is 16.6. The van der Waals surface area contributed by atoms with Crippen molar-refractivity contribution in [2.75, 3.05) is 20.8 Å². The Kier molecular flexibility index (Phi) is 6.58. The van der Waals surface area contributed by atoms with Crippen molar-refractivity contribution in [3.8, 4) is 17.0 Å². The Morgan fingerprint density at radius 1 is 1.03 bits per heavy atom. The van der Waals surface area contributed by atoms with Gasteiger partial charge < -0.3 is 14.6 Å². The van der Waals surface area contributed by atoms with Crippen molar-refractivity contribution in [1.29, 1.82) is 0 Å². The van der Waals surface area contributed by atoms with E-state index in [0.717, 1.165) is 32.7 Å². The van der Waals surface area contributed by atoms with E-state index in [1.54, 1.807) is 12.3 Å².